The Bertz CT molecular complexity index is 474. The molecule has 0 bridgehead atoms. The molecule has 118 valence electrons. The lowest BCUT2D eigenvalue weighted by atomic mass is 10.0. The Morgan fingerprint density at radius 2 is 1.90 bits per heavy atom. The summed E-state index contributed by atoms with van der Waals surface area (Å²) in [6.45, 7) is 6.88. The summed E-state index contributed by atoms with van der Waals surface area (Å²) in [5.41, 5.74) is -0.781. The first-order valence-electron chi connectivity index (χ1n) is 6.76. The van der Waals surface area contributed by atoms with Gasteiger partial charge in [0.1, 0.15) is 11.4 Å². The molecule has 1 amide bonds. The summed E-state index contributed by atoms with van der Waals surface area (Å²) in [5, 5.41) is 9.76. The molecule has 1 heterocycles. The van der Waals surface area contributed by atoms with Crippen molar-refractivity contribution < 1.29 is 29.0 Å². The lowest BCUT2D eigenvalue weighted by Crippen LogP contribution is -2.42. The Morgan fingerprint density at radius 3 is 2.43 bits per heavy atom. The molecule has 7 heteroatoms. The summed E-state index contributed by atoms with van der Waals surface area (Å²) < 4.78 is 9.82. The minimum Gasteiger partial charge on any atom is -0.512 e. The van der Waals surface area contributed by atoms with Gasteiger partial charge in [-0.15, -0.1) is 0 Å². The maximum Gasteiger partial charge on any atom is 0.410 e. The first kappa shape index (κ1) is 17.0. The fourth-order valence-electron chi connectivity index (χ4n) is 1.76. The molecule has 0 fully saturated rings. The number of nitrogens with zero attached hydrogens (tertiary/aromatic N) is 1. The van der Waals surface area contributed by atoms with Crippen molar-refractivity contribution in [3.63, 3.8) is 0 Å². The number of carbonyl (C=O) groups is 3. The van der Waals surface area contributed by atoms with Crippen LogP contribution in [0, 0.1) is 0 Å². The molecule has 1 rings (SSSR count). The first-order chi connectivity index (χ1) is 9.65. The predicted octanol–water partition coefficient (Wildman–Crippen LogP) is 1.57. The molecule has 1 aliphatic rings. The van der Waals surface area contributed by atoms with Crippen molar-refractivity contribution in [3.05, 3.63) is 11.3 Å². The summed E-state index contributed by atoms with van der Waals surface area (Å²) in [4.78, 5) is 36.6. The Morgan fingerprint density at radius 1 is 1.29 bits per heavy atom. The standard InChI is InChI=1S/C14H21NO6/c1-5-20-12(18)11(17)9-8-15(7-6-10(9)16)13(19)21-14(2,3)4/h16H,5-8H2,1-4H3. The van der Waals surface area contributed by atoms with E-state index in [1.165, 1.54) is 4.90 Å². The van der Waals surface area contributed by atoms with Crippen LogP contribution in [0.3, 0.4) is 0 Å². The third-order valence-corrected chi connectivity index (χ3v) is 2.70. The van der Waals surface area contributed by atoms with Gasteiger partial charge in [0.2, 0.25) is 0 Å². The molecule has 0 atom stereocenters. The summed E-state index contributed by atoms with van der Waals surface area (Å²) in [6.07, 6.45) is -0.496. The number of Topliss-reactive ketones (excluding diaryl/α,β-unsaturated/α-hetero) is 1. The Labute approximate surface area is 123 Å². The van der Waals surface area contributed by atoms with Gasteiger partial charge < -0.3 is 19.5 Å². The SMILES string of the molecule is CCOC(=O)C(=O)C1=C(O)CCN(C(=O)OC(C)(C)C)C1. The van der Waals surface area contributed by atoms with Gasteiger partial charge in [0.05, 0.1) is 18.7 Å². The van der Waals surface area contributed by atoms with Gasteiger partial charge in [-0.2, -0.15) is 0 Å². The number of esters is 1. The van der Waals surface area contributed by atoms with E-state index < -0.39 is 23.4 Å². The number of aliphatic hydroxyl groups is 1. The number of amides is 1. The number of hydrogen-bond acceptors (Lipinski definition) is 6. The number of aliphatic hydroxyl groups excluding tert-OH is 1. The van der Waals surface area contributed by atoms with E-state index in [9.17, 15) is 19.5 Å². The van der Waals surface area contributed by atoms with E-state index in [1.54, 1.807) is 27.7 Å². The van der Waals surface area contributed by atoms with Gasteiger partial charge in [0, 0.05) is 13.0 Å². The Kier molecular flexibility index (Phi) is 5.34. The van der Waals surface area contributed by atoms with E-state index in [0.29, 0.717) is 0 Å². The van der Waals surface area contributed by atoms with Gasteiger partial charge in [-0.05, 0) is 27.7 Å². The molecule has 21 heavy (non-hydrogen) atoms. The smallest absolute Gasteiger partial charge is 0.410 e. The Balaban J connectivity index is 2.81. The molecule has 0 spiro atoms. The topological polar surface area (TPSA) is 93.1 Å². The van der Waals surface area contributed by atoms with Crippen LogP contribution >= 0.6 is 0 Å². The molecule has 0 aromatic carbocycles. The average Bonchev–Trinajstić information content (AvgIpc) is 2.36. The lowest BCUT2D eigenvalue weighted by Gasteiger charge is -2.30. The van der Waals surface area contributed by atoms with Crippen molar-refractivity contribution >= 4 is 17.8 Å². The number of ether oxygens (including phenoxy) is 2. The number of rotatable bonds is 3. The van der Waals surface area contributed by atoms with Crippen molar-refractivity contribution in [1.29, 1.82) is 0 Å². The highest BCUT2D eigenvalue weighted by atomic mass is 16.6. The predicted molar refractivity (Wildman–Crippen MR) is 73.7 cm³/mol. The van der Waals surface area contributed by atoms with Crippen molar-refractivity contribution in [2.24, 2.45) is 0 Å². The van der Waals surface area contributed by atoms with Crippen LogP contribution < -0.4 is 0 Å². The maximum absolute atomic E-state index is 12.0. The molecular formula is C14H21NO6. The quantitative estimate of drug-likeness (QED) is 0.628. The second-order valence-corrected chi connectivity index (χ2v) is 5.63. The zero-order valence-corrected chi connectivity index (χ0v) is 12.8. The van der Waals surface area contributed by atoms with Crippen molar-refractivity contribution in [2.45, 2.75) is 39.7 Å². The van der Waals surface area contributed by atoms with Gasteiger partial charge in [-0.3, -0.25) is 4.79 Å². The summed E-state index contributed by atoms with van der Waals surface area (Å²) in [7, 11) is 0. The zero-order valence-electron chi connectivity index (χ0n) is 12.8. The van der Waals surface area contributed by atoms with Crippen LogP contribution in [-0.4, -0.2) is 53.1 Å². The molecule has 0 radical (unpaired) electrons. The van der Waals surface area contributed by atoms with E-state index in [-0.39, 0.29) is 37.4 Å². The monoisotopic (exact) mass is 299 g/mol. The van der Waals surface area contributed by atoms with E-state index >= 15 is 0 Å². The molecule has 1 aliphatic heterocycles. The fourth-order valence-corrected chi connectivity index (χ4v) is 1.76. The molecular weight excluding hydrogens is 278 g/mol. The highest BCUT2D eigenvalue weighted by Crippen LogP contribution is 2.19. The van der Waals surface area contributed by atoms with Gasteiger partial charge in [0.25, 0.3) is 5.78 Å². The van der Waals surface area contributed by atoms with Crippen LogP contribution in [0.15, 0.2) is 11.3 Å². The van der Waals surface area contributed by atoms with E-state index in [0.717, 1.165) is 0 Å². The summed E-state index contributed by atoms with van der Waals surface area (Å²) in [6, 6.07) is 0. The average molecular weight is 299 g/mol. The molecule has 1 N–H and O–H groups in total. The Hall–Kier alpha value is -2.05. The van der Waals surface area contributed by atoms with Gasteiger partial charge >= 0.3 is 12.1 Å². The van der Waals surface area contributed by atoms with E-state index in [1.807, 2.05) is 0 Å². The summed E-state index contributed by atoms with van der Waals surface area (Å²) in [5.74, 6) is -2.15. The molecule has 7 nitrogen and oxygen atoms in total. The minimum absolute atomic E-state index is 0.0639. The zero-order chi connectivity index (χ0) is 16.2. The third kappa shape index (κ3) is 4.77. The lowest BCUT2D eigenvalue weighted by molar-refractivity contribution is -0.152. The third-order valence-electron chi connectivity index (χ3n) is 2.70. The highest BCUT2D eigenvalue weighted by molar-refractivity contribution is 6.40. The molecule has 0 aromatic heterocycles. The molecule has 0 aromatic rings. The fraction of sp³-hybridized carbons (Fsp3) is 0.643. The number of ketones is 1. The number of carbonyl (C=O) groups excluding carboxylic acids is 3. The summed E-state index contributed by atoms with van der Waals surface area (Å²) >= 11 is 0. The van der Waals surface area contributed by atoms with Gasteiger partial charge in [-0.1, -0.05) is 0 Å². The van der Waals surface area contributed by atoms with Gasteiger partial charge in [-0.25, -0.2) is 9.59 Å². The second kappa shape index (κ2) is 6.60. The highest BCUT2D eigenvalue weighted by Gasteiger charge is 2.32. The van der Waals surface area contributed by atoms with Crippen LogP contribution in [0.2, 0.25) is 0 Å². The number of hydrogen-bond donors (Lipinski definition) is 1. The largest absolute Gasteiger partial charge is 0.512 e. The van der Waals surface area contributed by atoms with Gasteiger partial charge in [0.15, 0.2) is 0 Å². The van der Waals surface area contributed by atoms with E-state index in [4.69, 9.17) is 4.74 Å². The molecule has 0 saturated heterocycles. The minimum atomic E-state index is -1.04. The maximum atomic E-state index is 12.0. The molecule has 0 unspecified atom stereocenters. The van der Waals surface area contributed by atoms with Crippen LogP contribution in [-0.2, 0) is 19.1 Å². The molecule has 0 saturated carbocycles. The van der Waals surface area contributed by atoms with Crippen LogP contribution in [0.1, 0.15) is 34.1 Å². The van der Waals surface area contributed by atoms with Crippen LogP contribution in [0.5, 0.6) is 0 Å². The van der Waals surface area contributed by atoms with Crippen molar-refractivity contribution in [1.82, 2.24) is 4.90 Å². The normalized spacial score (nSPS) is 15.7. The second-order valence-electron chi connectivity index (χ2n) is 5.63. The molecule has 0 aliphatic carbocycles. The van der Waals surface area contributed by atoms with E-state index in [2.05, 4.69) is 4.74 Å². The van der Waals surface area contributed by atoms with Crippen LogP contribution in [0.25, 0.3) is 0 Å². The first-order valence-corrected chi connectivity index (χ1v) is 6.76. The van der Waals surface area contributed by atoms with Crippen molar-refractivity contribution in [2.75, 3.05) is 19.7 Å². The van der Waals surface area contributed by atoms with Crippen molar-refractivity contribution in [3.8, 4) is 0 Å². The van der Waals surface area contributed by atoms with Crippen LogP contribution in [0.4, 0.5) is 4.79 Å².